The molecule has 21 heavy (non-hydrogen) atoms. The van der Waals surface area contributed by atoms with Gasteiger partial charge in [0.2, 0.25) is 5.88 Å². The van der Waals surface area contributed by atoms with Gasteiger partial charge in [-0.2, -0.15) is 18.2 Å². The fraction of sp³-hybridized carbons (Fsp3) is 0.154. The highest BCUT2D eigenvalue weighted by Crippen LogP contribution is 2.34. The molecule has 0 unspecified atom stereocenters. The molecule has 1 aliphatic heterocycles. The second-order valence-electron chi connectivity index (χ2n) is 4.33. The van der Waals surface area contributed by atoms with Crippen LogP contribution in [0, 0.1) is 0 Å². The summed E-state index contributed by atoms with van der Waals surface area (Å²) in [6, 6.07) is 4.68. The van der Waals surface area contributed by atoms with Crippen LogP contribution >= 0.6 is 0 Å². The van der Waals surface area contributed by atoms with Crippen molar-refractivity contribution in [2.45, 2.75) is 6.18 Å². The van der Waals surface area contributed by atoms with Crippen LogP contribution in [-0.2, 0) is 6.18 Å². The number of nitrogens with two attached hydrogens (primary N) is 1. The minimum absolute atomic E-state index is 0.106. The molecule has 8 heteroatoms. The number of halogens is 3. The van der Waals surface area contributed by atoms with Gasteiger partial charge in [0.25, 0.3) is 0 Å². The van der Waals surface area contributed by atoms with Crippen molar-refractivity contribution in [2.24, 2.45) is 4.99 Å². The van der Waals surface area contributed by atoms with Crippen LogP contribution in [0.5, 0.6) is 5.88 Å². The molecule has 0 atom stereocenters. The summed E-state index contributed by atoms with van der Waals surface area (Å²) in [4.78, 5) is 12.0. The Morgan fingerprint density at radius 1 is 1.10 bits per heavy atom. The maximum absolute atomic E-state index is 12.5. The van der Waals surface area contributed by atoms with Gasteiger partial charge in [-0.05, 0) is 17.7 Å². The Morgan fingerprint density at radius 3 is 2.48 bits per heavy atom. The molecular weight excluding hydrogens is 285 g/mol. The Morgan fingerprint density at radius 2 is 1.81 bits per heavy atom. The second kappa shape index (κ2) is 4.72. The molecule has 2 N–H and O–H groups in total. The summed E-state index contributed by atoms with van der Waals surface area (Å²) in [5.74, 6) is 0.419. The average molecular weight is 294 g/mol. The number of ether oxygens (including phenoxy) is 1. The molecule has 108 valence electrons. The predicted octanol–water partition coefficient (Wildman–Crippen LogP) is 2.59. The molecular formula is C13H9F3N4O. The van der Waals surface area contributed by atoms with Crippen molar-refractivity contribution in [3.63, 3.8) is 0 Å². The number of hydrogen-bond donors (Lipinski definition) is 1. The average Bonchev–Trinajstić information content (AvgIpc) is 2.47. The lowest BCUT2D eigenvalue weighted by Crippen LogP contribution is -2.18. The van der Waals surface area contributed by atoms with E-state index in [9.17, 15) is 13.2 Å². The summed E-state index contributed by atoms with van der Waals surface area (Å²) in [7, 11) is 0. The molecule has 0 saturated carbocycles. The first-order valence-corrected chi connectivity index (χ1v) is 5.93. The number of anilines is 1. The lowest BCUT2D eigenvalue weighted by Gasteiger charge is -2.17. The van der Waals surface area contributed by atoms with E-state index in [0.29, 0.717) is 17.0 Å². The van der Waals surface area contributed by atoms with Gasteiger partial charge in [-0.3, -0.25) is 0 Å². The van der Waals surface area contributed by atoms with E-state index in [1.807, 2.05) is 0 Å². The van der Waals surface area contributed by atoms with Crippen LogP contribution in [0.4, 0.5) is 24.7 Å². The van der Waals surface area contributed by atoms with E-state index in [1.54, 1.807) is 0 Å². The topological polar surface area (TPSA) is 73.4 Å². The monoisotopic (exact) mass is 294 g/mol. The van der Waals surface area contributed by atoms with Crippen molar-refractivity contribution in [3.8, 4) is 5.88 Å². The molecule has 0 spiro atoms. The van der Waals surface area contributed by atoms with Crippen molar-refractivity contribution in [3.05, 3.63) is 41.7 Å². The fourth-order valence-electron chi connectivity index (χ4n) is 1.89. The molecule has 3 rings (SSSR count). The number of aromatic nitrogens is 2. The van der Waals surface area contributed by atoms with Gasteiger partial charge < -0.3 is 10.5 Å². The largest absolute Gasteiger partial charge is 0.469 e. The summed E-state index contributed by atoms with van der Waals surface area (Å²) in [6.45, 7) is 0.106. The standard InChI is InChI=1S/C13H9F3N4O/c14-13(15,16)8-3-1-7(2-4-8)9-5-21-12-10(20-9)11(17)18-6-19-12/h1-4,6H,5H2,(H2,17,18,19). The molecule has 2 aromatic rings. The van der Waals surface area contributed by atoms with Crippen molar-refractivity contribution in [1.29, 1.82) is 0 Å². The van der Waals surface area contributed by atoms with Crippen molar-refractivity contribution < 1.29 is 17.9 Å². The Bertz CT molecular complexity index is 710. The highest BCUT2D eigenvalue weighted by molar-refractivity contribution is 6.04. The van der Waals surface area contributed by atoms with Gasteiger partial charge in [-0.25, -0.2) is 9.98 Å². The van der Waals surface area contributed by atoms with Crippen LogP contribution in [0.15, 0.2) is 35.6 Å². The van der Waals surface area contributed by atoms with Crippen LogP contribution in [0.3, 0.4) is 0 Å². The third-order valence-corrected chi connectivity index (χ3v) is 2.95. The minimum atomic E-state index is -4.37. The normalized spacial score (nSPS) is 14.1. The van der Waals surface area contributed by atoms with Crippen LogP contribution in [-0.4, -0.2) is 22.3 Å². The van der Waals surface area contributed by atoms with E-state index in [-0.39, 0.29) is 18.3 Å². The highest BCUT2D eigenvalue weighted by Gasteiger charge is 2.30. The van der Waals surface area contributed by atoms with E-state index >= 15 is 0 Å². The summed E-state index contributed by atoms with van der Waals surface area (Å²) < 4.78 is 43.0. The molecule has 5 nitrogen and oxygen atoms in total. The van der Waals surface area contributed by atoms with Gasteiger partial charge in [0, 0.05) is 0 Å². The molecule has 1 aliphatic rings. The molecule has 0 radical (unpaired) electrons. The van der Waals surface area contributed by atoms with Crippen LogP contribution in [0.25, 0.3) is 0 Å². The van der Waals surface area contributed by atoms with Crippen LogP contribution in [0.1, 0.15) is 11.1 Å². The lowest BCUT2D eigenvalue weighted by molar-refractivity contribution is -0.137. The van der Waals surface area contributed by atoms with Crippen molar-refractivity contribution in [2.75, 3.05) is 12.3 Å². The summed E-state index contributed by atoms with van der Waals surface area (Å²) in [5, 5.41) is 0. The number of alkyl halides is 3. The number of nitrogens with zero attached hydrogens (tertiary/aromatic N) is 3. The smallest absolute Gasteiger partial charge is 0.416 e. The minimum Gasteiger partial charge on any atom is -0.469 e. The highest BCUT2D eigenvalue weighted by atomic mass is 19.4. The second-order valence-corrected chi connectivity index (χ2v) is 4.33. The van der Waals surface area contributed by atoms with E-state index in [0.717, 1.165) is 12.1 Å². The summed E-state index contributed by atoms with van der Waals surface area (Å²) in [6.07, 6.45) is -3.11. The molecule has 0 aliphatic carbocycles. The third-order valence-electron chi connectivity index (χ3n) is 2.95. The Balaban J connectivity index is 1.97. The Kier molecular flexibility index (Phi) is 3.00. The number of rotatable bonds is 1. The van der Waals surface area contributed by atoms with Crippen LogP contribution in [0.2, 0.25) is 0 Å². The number of nitrogen functional groups attached to an aromatic ring is 1. The van der Waals surface area contributed by atoms with Gasteiger partial charge in [0.05, 0.1) is 11.3 Å². The van der Waals surface area contributed by atoms with Gasteiger partial charge in [0.15, 0.2) is 11.5 Å². The molecule has 0 bridgehead atoms. The zero-order chi connectivity index (χ0) is 15.0. The number of hydrogen-bond acceptors (Lipinski definition) is 5. The van der Waals surface area contributed by atoms with E-state index in [4.69, 9.17) is 10.5 Å². The number of fused-ring (bicyclic) bond motifs is 1. The van der Waals surface area contributed by atoms with Crippen molar-refractivity contribution >= 4 is 17.2 Å². The quantitative estimate of drug-likeness (QED) is 0.877. The number of benzene rings is 1. The molecule has 1 aromatic carbocycles. The Hall–Kier alpha value is -2.64. The van der Waals surface area contributed by atoms with E-state index in [2.05, 4.69) is 15.0 Å². The molecule has 0 saturated heterocycles. The maximum Gasteiger partial charge on any atom is 0.416 e. The first-order chi connectivity index (χ1) is 9.95. The van der Waals surface area contributed by atoms with Crippen molar-refractivity contribution in [1.82, 2.24) is 9.97 Å². The number of aliphatic imine (C=N–C) groups is 1. The zero-order valence-electron chi connectivity index (χ0n) is 10.6. The first-order valence-electron chi connectivity index (χ1n) is 5.93. The van der Waals surface area contributed by atoms with Gasteiger partial charge >= 0.3 is 6.18 Å². The molecule has 2 heterocycles. The van der Waals surface area contributed by atoms with Gasteiger partial charge in [0.1, 0.15) is 12.9 Å². The summed E-state index contributed by atoms with van der Waals surface area (Å²) in [5.41, 5.74) is 6.25. The molecule has 0 fully saturated rings. The van der Waals surface area contributed by atoms with E-state index in [1.165, 1.54) is 18.5 Å². The molecule has 1 aromatic heterocycles. The lowest BCUT2D eigenvalue weighted by atomic mass is 10.1. The van der Waals surface area contributed by atoms with Gasteiger partial charge in [-0.1, -0.05) is 12.1 Å². The first kappa shape index (κ1) is 13.3. The van der Waals surface area contributed by atoms with E-state index < -0.39 is 11.7 Å². The zero-order valence-corrected chi connectivity index (χ0v) is 10.6. The molecule has 0 amide bonds. The maximum atomic E-state index is 12.5. The van der Waals surface area contributed by atoms with Crippen LogP contribution < -0.4 is 10.5 Å². The fourth-order valence-corrected chi connectivity index (χ4v) is 1.89. The van der Waals surface area contributed by atoms with Gasteiger partial charge in [-0.15, -0.1) is 0 Å². The predicted molar refractivity (Wildman–Crippen MR) is 69.6 cm³/mol. The summed E-state index contributed by atoms with van der Waals surface area (Å²) >= 11 is 0. The Labute approximate surface area is 117 Å². The SMILES string of the molecule is Nc1ncnc2c1N=C(c1ccc(C(F)(F)F)cc1)CO2. The third kappa shape index (κ3) is 2.51.